The van der Waals surface area contributed by atoms with Gasteiger partial charge in [-0.05, 0) is 38.6 Å². The third-order valence-corrected chi connectivity index (χ3v) is 7.16. The number of nitriles is 1. The van der Waals surface area contributed by atoms with Gasteiger partial charge >= 0.3 is 0 Å². The molecule has 1 aliphatic heterocycles. The molecule has 0 saturated carbocycles. The summed E-state index contributed by atoms with van der Waals surface area (Å²) < 4.78 is 3.41. The Hall–Kier alpha value is -4.30. The van der Waals surface area contributed by atoms with Crippen molar-refractivity contribution in [2.24, 2.45) is 13.0 Å². The monoisotopic (exact) mass is 526 g/mol. The van der Waals surface area contributed by atoms with Gasteiger partial charge in [0.05, 0.1) is 36.0 Å². The molecule has 1 amide bonds. The summed E-state index contributed by atoms with van der Waals surface area (Å²) in [5.74, 6) is 1.51. The van der Waals surface area contributed by atoms with Crippen molar-refractivity contribution in [1.82, 2.24) is 39.2 Å². The van der Waals surface area contributed by atoms with Crippen LogP contribution in [0.25, 0.3) is 28.0 Å². The first kappa shape index (κ1) is 26.3. The number of piperazine rings is 1. The van der Waals surface area contributed by atoms with Crippen LogP contribution in [0.5, 0.6) is 0 Å². The standard InChI is InChI=1S/C28H34N10O/c1-19(2)12-24(34(3)4)28(39)37-10-8-36(9-11-37)25-7-6-20(14-30-25)26-27-21(13-29)15-32-38(27)18-23(33-26)22-16-31-35(5)17-22/h6-7,14-19,24H,8-12H2,1-5H3/t24-/m1/s1. The second-order valence-corrected chi connectivity index (χ2v) is 10.7. The number of fused-ring (bicyclic) bond motifs is 1. The molecule has 39 heavy (non-hydrogen) atoms. The zero-order valence-electron chi connectivity index (χ0n) is 23.1. The highest BCUT2D eigenvalue weighted by Crippen LogP contribution is 2.29. The topological polar surface area (TPSA) is 111 Å². The van der Waals surface area contributed by atoms with E-state index in [0.29, 0.717) is 41.5 Å². The van der Waals surface area contributed by atoms with Crippen LogP contribution in [-0.4, -0.2) is 91.4 Å². The average Bonchev–Trinajstić information content (AvgIpc) is 3.56. The Bertz CT molecular complexity index is 1500. The summed E-state index contributed by atoms with van der Waals surface area (Å²) in [4.78, 5) is 29.0. The largest absolute Gasteiger partial charge is 0.353 e. The number of aryl methyl sites for hydroxylation is 1. The first-order valence-electron chi connectivity index (χ1n) is 13.2. The molecule has 4 aromatic heterocycles. The highest BCUT2D eigenvalue weighted by atomic mass is 16.2. The van der Waals surface area contributed by atoms with Crippen molar-refractivity contribution in [1.29, 1.82) is 5.26 Å². The molecule has 1 atom stereocenters. The second-order valence-electron chi connectivity index (χ2n) is 10.7. The fourth-order valence-electron chi connectivity index (χ4n) is 5.05. The molecule has 0 spiro atoms. The average molecular weight is 527 g/mol. The lowest BCUT2D eigenvalue weighted by atomic mass is 10.0. The van der Waals surface area contributed by atoms with Crippen molar-refractivity contribution in [3.05, 3.63) is 48.7 Å². The maximum Gasteiger partial charge on any atom is 0.240 e. The van der Waals surface area contributed by atoms with Crippen molar-refractivity contribution in [2.75, 3.05) is 45.2 Å². The Kier molecular flexibility index (Phi) is 7.30. The van der Waals surface area contributed by atoms with Gasteiger partial charge in [0.25, 0.3) is 0 Å². The molecule has 202 valence electrons. The van der Waals surface area contributed by atoms with Crippen molar-refractivity contribution in [2.45, 2.75) is 26.3 Å². The Morgan fingerprint density at radius 2 is 1.82 bits per heavy atom. The number of rotatable bonds is 7. The number of hydrogen-bond acceptors (Lipinski definition) is 8. The molecule has 5 rings (SSSR count). The Morgan fingerprint density at radius 1 is 1.05 bits per heavy atom. The van der Waals surface area contributed by atoms with Gasteiger partial charge < -0.3 is 9.80 Å². The number of likely N-dealkylation sites (N-methyl/N-ethyl adjacent to an activating group) is 1. The molecular weight excluding hydrogens is 492 g/mol. The summed E-state index contributed by atoms with van der Waals surface area (Å²) in [5, 5.41) is 18.3. The van der Waals surface area contributed by atoms with Crippen molar-refractivity contribution in [3.8, 4) is 28.6 Å². The van der Waals surface area contributed by atoms with E-state index in [4.69, 9.17) is 9.97 Å². The number of pyridine rings is 1. The smallest absolute Gasteiger partial charge is 0.240 e. The molecule has 11 heteroatoms. The highest BCUT2D eigenvalue weighted by Gasteiger charge is 2.29. The van der Waals surface area contributed by atoms with E-state index in [2.05, 4.69) is 35.0 Å². The van der Waals surface area contributed by atoms with Crippen LogP contribution in [0, 0.1) is 17.2 Å². The molecule has 0 N–H and O–H groups in total. The van der Waals surface area contributed by atoms with Crippen LogP contribution in [-0.2, 0) is 11.8 Å². The summed E-state index contributed by atoms with van der Waals surface area (Å²) in [5.41, 5.74) is 4.09. The molecule has 4 aromatic rings. The third-order valence-electron chi connectivity index (χ3n) is 7.16. The van der Waals surface area contributed by atoms with E-state index in [0.717, 1.165) is 36.5 Å². The molecule has 1 saturated heterocycles. The van der Waals surface area contributed by atoms with Crippen LogP contribution in [0.1, 0.15) is 25.8 Å². The van der Waals surface area contributed by atoms with E-state index in [1.165, 1.54) is 0 Å². The van der Waals surface area contributed by atoms with E-state index in [9.17, 15) is 10.1 Å². The number of aromatic nitrogens is 6. The van der Waals surface area contributed by atoms with Crippen LogP contribution < -0.4 is 4.90 Å². The first-order valence-corrected chi connectivity index (χ1v) is 13.2. The zero-order valence-corrected chi connectivity index (χ0v) is 23.1. The van der Waals surface area contributed by atoms with Crippen LogP contribution in [0.2, 0.25) is 0 Å². The van der Waals surface area contributed by atoms with Crippen LogP contribution in [0.3, 0.4) is 0 Å². The predicted molar refractivity (Wildman–Crippen MR) is 149 cm³/mol. The van der Waals surface area contributed by atoms with Gasteiger partial charge in [0, 0.05) is 56.7 Å². The van der Waals surface area contributed by atoms with E-state index < -0.39 is 0 Å². The summed E-state index contributed by atoms with van der Waals surface area (Å²) in [6.07, 6.45) is 9.65. The Balaban J connectivity index is 1.36. The molecule has 1 aliphatic rings. The van der Waals surface area contributed by atoms with Gasteiger partial charge in [-0.2, -0.15) is 15.5 Å². The highest BCUT2D eigenvalue weighted by molar-refractivity contribution is 5.83. The van der Waals surface area contributed by atoms with Crippen LogP contribution in [0.15, 0.2) is 43.1 Å². The Labute approximate surface area is 228 Å². The fourth-order valence-corrected chi connectivity index (χ4v) is 5.05. The van der Waals surface area contributed by atoms with E-state index in [1.54, 1.807) is 34.0 Å². The Morgan fingerprint density at radius 3 is 2.41 bits per heavy atom. The minimum atomic E-state index is -0.0948. The quantitative estimate of drug-likeness (QED) is 0.361. The van der Waals surface area contributed by atoms with E-state index in [-0.39, 0.29) is 11.9 Å². The molecule has 0 bridgehead atoms. The summed E-state index contributed by atoms with van der Waals surface area (Å²) in [6, 6.07) is 6.08. The van der Waals surface area contributed by atoms with Gasteiger partial charge in [0.2, 0.25) is 5.91 Å². The molecule has 0 aromatic carbocycles. The van der Waals surface area contributed by atoms with Crippen LogP contribution >= 0.6 is 0 Å². The lowest BCUT2D eigenvalue weighted by Crippen LogP contribution is -2.54. The second kappa shape index (κ2) is 10.8. The fraction of sp³-hybridized carbons (Fsp3) is 0.429. The van der Waals surface area contributed by atoms with Crippen molar-refractivity contribution in [3.63, 3.8) is 0 Å². The number of hydrogen-bond donors (Lipinski definition) is 0. The van der Waals surface area contributed by atoms with Gasteiger partial charge in [0.1, 0.15) is 23.0 Å². The number of carbonyl (C=O) groups is 1. The normalized spacial score (nSPS) is 14.8. The zero-order chi connectivity index (χ0) is 27.7. The van der Waals surface area contributed by atoms with Gasteiger partial charge in [-0.25, -0.2) is 14.5 Å². The first-order chi connectivity index (χ1) is 18.7. The number of nitrogens with zero attached hydrogens (tertiary/aromatic N) is 10. The predicted octanol–water partition coefficient (Wildman–Crippen LogP) is 2.69. The molecule has 1 fully saturated rings. The lowest BCUT2D eigenvalue weighted by molar-refractivity contribution is -0.137. The van der Waals surface area contributed by atoms with E-state index in [1.807, 2.05) is 49.3 Å². The minimum absolute atomic E-state index is 0.0948. The summed E-state index contributed by atoms with van der Waals surface area (Å²) >= 11 is 0. The maximum atomic E-state index is 13.2. The minimum Gasteiger partial charge on any atom is -0.353 e. The van der Waals surface area contributed by atoms with Gasteiger partial charge in [-0.15, -0.1) is 0 Å². The SMILES string of the molecule is CC(C)C[C@H](C(=O)N1CCN(c2ccc(-c3nc(-c4cnn(C)c4)cn4ncc(C#N)c34)cn2)CC1)N(C)C. The van der Waals surface area contributed by atoms with Gasteiger partial charge in [0.15, 0.2) is 0 Å². The number of anilines is 1. The molecule has 0 aliphatic carbocycles. The molecule has 0 radical (unpaired) electrons. The number of carbonyl (C=O) groups excluding carboxylic acids is 1. The molecule has 11 nitrogen and oxygen atoms in total. The third kappa shape index (κ3) is 5.33. The number of amides is 1. The molecular formula is C28H34N10O. The molecule has 0 unspecified atom stereocenters. The van der Waals surface area contributed by atoms with Crippen molar-refractivity contribution >= 4 is 17.2 Å². The summed E-state index contributed by atoms with van der Waals surface area (Å²) in [7, 11) is 5.81. The van der Waals surface area contributed by atoms with Gasteiger partial charge in [-0.1, -0.05) is 13.8 Å². The maximum absolute atomic E-state index is 13.2. The van der Waals surface area contributed by atoms with Crippen molar-refractivity contribution < 1.29 is 4.79 Å². The van der Waals surface area contributed by atoms with Gasteiger partial charge in [-0.3, -0.25) is 14.4 Å². The summed E-state index contributed by atoms with van der Waals surface area (Å²) in [6.45, 7) is 7.09. The van der Waals surface area contributed by atoms with Crippen LogP contribution in [0.4, 0.5) is 5.82 Å². The molecule has 5 heterocycles. The lowest BCUT2D eigenvalue weighted by Gasteiger charge is -2.38. The van der Waals surface area contributed by atoms with E-state index >= 15 is 0 Å².